The number of ether oxygens (including phenoxy) is 1. The van der Waals surface area contributed by atoms with Gasteiger partial charge in [0.05, 0.1) is 0 Å². The van der Waals surface area contributed by atoms with Gasteiger partial charge in [-0.1, -0.05) is 37.4 Å². The van der Waals surface area contributed by atoms with Crippen molar-refractivity contribution >= 4 is 5.91 Å². The van der Waals surface area contributed by atoms with Crippen molar-refractivity contribution in [2.24, 2.45) is 0 Å². The van der Waals surface area contributed by atoms with E-state index in [0.717, 1.165) is 24.8 Å². The van der Waals surface area contributed by atoms with Crippen LogP contribution in [0.15, 0.2) is 28.8 Å². The van der Waals surface area contributed by atoms with Crippen molar-refractivity contribution in [1.82, 2.24) is 15.5 Å². The standard InChI is InChI=1S/C18H23N3O3/c1-2-16-20-18(24-21-16)13-7-6-10-15(11-13)23-12-17(22)19-14-8-4-3-5-9-14/h6-7,10-11,14H,2-5,8-9,12H2,1H3,(H,19,22). The van der Waals surface area contributed by atoms with E-state index < -0.39 is 0 Å². The summed E-state index contributed by atoms with van der Waals surface area (Å²) in [5, 5.41) is 6.93. The van der Waals surface area contributed by atoms with E-state index in [1.54, 1.807) is 6.07 Å². The van der Waals surface area contributed by atoms with Crippen LogP contribution in [0.2, 0.25) is 0 Å². The molecule has 1 aromatic heterocycles. The number of amides is 1. The summed E-state index contributed by atoms with van der Waals surface area (Å²) in [5.41, 5.74) is 0.785. The number of nitrogens with one attached hydrogen (secondary N) is 1. The van der Waals surface area contributed by atoms with Crippen LogP contribution >= 0.6 is 0 Å². The molecule has 1 fully saturated rings. The molecule has 1 heterocycles. The van der Waals surface area contributed by atoms with Crippen LogP contribution in [-0.2, 0) is 11.2 Å². The highest BCUT2D eigenvalue weighted by molar-refractivity contribution is 5.77. The lowest BCUT2D eigenvalue weighted by Crippen LogP contribution is -2.38. The summed E-state index contributed by atoms with van der Waals surface area (Å²) in [6.45, 7) is 1.99. The molecule has 2 aromatic rings. The Kier molecular flexibility index (Phi) is 5.46. The topological polar surface area (TPSA) is 77.2 Å². The van der Waals surface area contributed by atoms with Crippen LogP contribution in [0.25, 0.3) is 11.5 Å². The maximum atomic E-state index is 12.0. The minimum Gasteiger partial charge on any atom is -0.484 e. The number of carbonyl (C=O) groups is 1. The number of rotatable bonds is 6. The second kappa shape index (κ2) is 7.95. The molecule has 3 rings (SSSR count). The lowest BCUT2D eigenvalue weighted by Gasteiger charge is -2.22. The SMILES string of the molecule is CCc1noc(-c2cccc(OCC(=O)NC3CCCCC3)c2)n1. The second-order valence-corrected chi connectivity index (χ2v) is 6.09. The fourth-order valence-electron chi connectivity index (χ4n) is 2.90. The highest BCUT2D eigenvalue weighted by Gasteiger charge is 2.16. The summed E-state index contributed by atoms with van der Waals surface area (Å²) in [7, 11) is 0. The summed E-state index contributed by atoms with van der Waals surface area (Å²) in [6.07, 6.45) is 6.51. The van der Waals surface area contributed by atoms with Crippen LogP contribution in [-0.4, -0.2) is 28.7 Å². The van der Waals surface area contributed by atoms with Gasteiger partial charge < -0.3 is 14.6 Å². The Balaban J connectivity index is 1.55. The average molecular weight is 329 g/mol. The minimum absolute atomic E-state index is 0.0179. The van der Waals surface area contributed by atoms with E-state index in [1.807, 2.05) is 25.1 Å². The van der Waals surface area contributed by atoms with Crippen molar-refractivity contribution in [3.05, 3.63) is 30.1 Å². The van der Waals surface area contributed by atoms with E-state index in [2.05, 4.69) is 15.5 Å². The first kappa shape index (κ1) is 16.5. The molecule has 1 aliphatic rings. The summed E-state index contributed by atoms with van der Waals surface area (Å²) in [4.78, 5) is 16.3. The van der Waals surface area contributed by atoms with Crippen LogP contribution in [0.3, 0.4) is 0 Å². The molecule has 0 saturated heterocycles. The Morgan fingerprint density at radius 1 is 1.33 bits per heavy atom. The molecule has 24 heavy (non-hydrogen) atoms. The molecule has 1 N–H and O–H groups in total. The number of benzene rings is 1. The van der Waals surface area contributed by atoms with Gasteiger partial charge in [-0.2, -0.15) is 4.98 Å². The number of aromatic nitrogens is 2. The van der Waals surface area contributed by atoms with Gasteiger partial charge in [-0.15, -0.1) is 0 Å². The van der Waals surface area contributed by atoms with E-state index in [0.29, 0.717) is 23.5 Å². The fraction of sp³-hybridized carbons (Fsp3) is 0.500. The molecule has 128 valence electrons. The summed E-state index contributed by atoms with van der Waals surface area (Å²) in [6, 6.07) is 7.64. The molecule has 0 spiro atoms. The van der Waals surface area contributed by atoms with Crippen molar-refractivity contribution in [2.45, 2.75) is 51.5 Å². The van der Waals surface area contributed by atoms with Crippen LogP contribution in [0, 0.1) is 0 Å². The minimum atomic E-state index is -0.0710. The maximum Gasteiger partial charge on any atom is 0.258 e. The van der Waals surface area contributed by atoms with Crippen LogP contribution in [0.1, 0.15) is 44.9 Å². The Labute approximate surface area is 141 Å². The zero-order valence-corrected chi connectivity index (χ0v) is 14.0. The molecule has 0 unspecified atom stereocenters. The molecule has 6 nitrogen and oxygen atoms in total. The number of aryl methyl sites for hydroxylation is 1. The predicted octanol–water partition coefficient (Wildman–Crippen LogP) is 3.13. The summed E-state index contributed by atoms with van der Waals surface area (Å²) < 4.78 is 10.8. The second-order valence-electron chi connectivity index (χ2n) is 6.09. The average Bonchev–Trinajstić information content (AvgIpc) is 3.10. The molecular weight excluding hydrogens is 306 g/mol. The van der Waals surface area contributed by atoms with E-state index in [9.17, 15) is 4.79 Å². The summed E-state index contributed by atoms with van der Waals surface area (Å²) >= 11 is 0. The number of carbonyl (C=O) groups excluding carboxylic acids is 1. The van der Waals surface area contributed by atoms with Gasteiger partial charge in [0.15, 0.2) is 12.4 Å². The largest absolute Gasteiger partial charge is 0.484 e. The molecular formula is C18H23N3O3. The lowest BCUT2D eigenvalue weighted by atomic mass is 9.95. The molecule has 0 radical (unpaired) electrons. The van der Waals surface area contributed by atoms with Crippen molar-refractivity contribution < 1.29 is 14.1 Å². The van der Waals surface area contributed by atoms with Crippen molar-refractivity contribution in [3.63, 3.8) is 0 Å². The lowest BCUT2D eigenvalue weighted by molar-refractivity contribution is -0.124. The number of hydrogen-bond donors (Lipinski definition) is 1. The molecule has 0 aliphatic heterocycles. The molecule has 0 atom stereocenters. The quantitative estimate of drug-likeness (QED) is 0.881. The highest BCUT2D eigenvalue weighted by atomic mass is 16.5. The van der Waals surface area contributed by atoms with Gasteiger partial charge in [0.1, 0.15) is 5.75 Å². The van der Waals surface area contributed by atoms with Crippen LogP contribution in [0.4, 0.5) is 0 Å². The van der Waals surface area contributed by atoms with Gasteiger partial charge in [-0.05, 0) is 31.0 Å². The van der Waals surface area contributed by atoms with Gasteiger partial charge in [0.2, 0.25) is 0 Å². The van der Waals surface area contributed by atoms with Gasteiger partial charge in [0, 0.05) is 18.0 Å². The van der Waals surface area contributed by atoms with E-state index in [4.69, 9.17) is 9.26 Å². The molecule has 6 heteroatoms. The monoisotopic (exact) mass is 329 g/mol. The van der Waals surface area contributed by atoms with Gasteiger partial charge in [-0.25, -0.2) is 0 Å². The predicted molar refractivity (Wildman–Crippen MR) is 89.6 cm³/mol. The zero-order valence-electron chi connectivity index (χ0n) is 14.0. The maximum absolute atomic E-state index is 12.0. The van der Waals surface area contributed by atoms with Crippen molar-refractivity contribution in [2.75, 3.05) is 6.61 Å². The van der Waals surface area contributed by atoms with Gasteiger partial charge >= 0.3 is 0 Å². The van der Waals surface area contributed by atoms with E-state index >= 15 is 0 Å². The van der Waals surface area contributed by atoms with Crippen molar-refractivity contribution in [3.8, 4) is 17.2 Å². The Morgan fingerprint density at radius 3 is 2.92 bits per heavy atom. The summed E-state index contributed by atoms with van der Waals surface area (Å²) in [5.74, 6) is 1.67. The Morgan fingerprint density at radius 2 is 2.17 bits per heavy atom. The number of nitrogens with zero attached hydrogens (tertiary/aromatic N) is 2. The normalized spacial score (nSPS) is 15.2. The van der Waals surface area contributed by atoms with E-state index in [1.165, 1.54) is 19.3 Å². The smallest absolute Gasteiger partial charge is 0.258 e. The van der Waals surface area contributed by atoms with Crippen LogP contribution < -0.4 is 10.1 Å². The molecule has 0 bridgehead atoms. The molecule has 1 amide bonds. The third-order valence-corrected chi connectivity index (χ3v) is 4.21. The van der Waals surface area contributed by atoms with E-state index in [-0.39, 0.29) is 12.5 Å². The first-order valence-corrected chi connectivity index (χ1v) is 8.60. The van der Waals surface area contributed by atoms with Gasteiger partial charge in [0.25, 0.3) is 11.8 Å². The third-order valence-electron chi connectivity index (χ3n) is 4.21. The van der Waals surface area contributed by atoms with Gasteiger partial charge in [-0.3, -0.25) is 4.79 Å². The number of hydrogen-bond acceptors (Lipinski definition) is 5. The first-order valence-electron chi connectivity index (χ1n) is 8.60. The first-order chi connectivity index (χ1) is 11.7. The Bertz CT molecular complexity index is 678. The molecule has 1 aromatic carbocycles. The zero-order chi connectivity index (χ0) is 16.8. The third kappa shape index (κ3) is 4.34. The Hall–Kier alpha value is -2.37. The van der Waals surface area contributed by atoms with Crippen molar-refractivity contribution in [1.29, 1.82) is 0 Å². The highest BCUT2D eigenvalue weighted by Crippen LogP contribution is 2.22. The van der Waals surface area contributed by atoms with Crippen LogP contribution in [0.5, 0.6) is 5.75 Å². The molecule has 1 saturated carbocycles. The molecule has 1 aliphatic carbocycles. The fourth-order valence-corrected chi connectivity index (χ4v) is 2.90.